The average Bonchev–Trinajstić information content (AvgIpc) is 2.39. The molecule has 0 aliphatic rings. The first-order valence-electron chi connectivity index (χ1n) is 6.27. The van der Waals surface area contributed by atoms with Gasteiger partial charge in [-0.3, -0.25) is 14.4 Å². The summed E-state index contributed by atoms with van der Waals surface area (Å²) in [4.78, 5) is 34.4. The summed E-state index contributed by atoms with van der Waals surface area (Å²) in [5, 5.41) is 17.4. The molecule has 20 heavy (non-hydrogen) atoms. The van der Waals surface area contributed by atoms with Crippen LogP contribution in [0.15, 0.2) is 24.3 Å². The molecule has 1 aromatic rings. The summed E-state index contributed by atoms with van der Waals surface area (Å²) in [6.07, 6.45) is 0.0518. The minimum absolute atomic E-state index is 0.0862. The van der Waals surface area contributed by atoms with Crippen LogP contribution in [-0.4, -0.2) is 34.6 Å². The number of carbonyl (C=O) groups is 3. The molecule has 108 valence electrons. The number of anilines is 1. The van der Waals surface area contributed by atoms with Crippen molar-refractivity contribution >= 4 is 23.5 Å². The van der Waals surface area contributed by atoms with Crippen LogP contribution in [0.5, 0.6) is 0 Å². The molecule has 0 heterocycles. The number of aliphatic carboxylic acids is 2. The van der Waals surface area contributed by atoms with Gasteiger partial charge in [-0.2, -0.15) is 0 Å². The highest BCUT2D eigenvalue weighted by atomic mass is 16.4. The zero-order valence-electron chi connectivity index (χ0n) is 11.2. The zero-order chi connectivity index (χ0) is 15.1. The van der Waals surface area contributed by atoms with E-state index in [-0.39, 0.29) is 31.7 Å². The molecular formula is C14H17NO5. The van der Waals surface area contributed by atoms with E-state index in [1.54, 1.807) is 31.2 Å². The fourth-order valence-electron chi connectivity index (χ4n) is 1.76. The molecule has 0 radical (unpaired) electrons. The van der Waals surface area contributed by atoms with Crippen LogP contribution in [0.1, 0.15) is 25.3 Å². The van der Waals surface area contributed by atoms with Gasteiger partial charge in [-0.25, -0.2) is 0 Å². The van der Waals surface area contributed by atoms with Crippen LogP contribution in [0, 0.1) is 0 Å². The van der Waals surface area contributed by atoms with Crippen molar-refractivity contribution in [2.24, 2.45) is 0 Å². The molecule has 0 fully saturated rings. The minimum atomic E-state index is -0.971. The average molecular weight is 279 g/mol. The van der Waals surface area contributed by atoms with Crippen LogP contribution in [0.25, 0.3) is 0 Å². The summed E-state index contributed by atoms with van der Waals surface area (Å²) >= 11 is 0. The Kier molecular flexibility index (Phi) is 5.71. The lowest BCUT2D eigenvalue weighted by Crippen LogP contribution is -2.32. The summed E-state index contributed by atoms with van der Waals surface area (Å²) in [7, 11) is 0. The number of carboxylic acids is 2. The quantitative estimate of drug-likeness (QED) is 0.789. The second-order valence-corrected chi connectivity index (χ2v) is 4.28. The summed E-state index contributed by atoms with van der Waals surface area (Å²) in [6.45, 7) is 1.80. The highest BCUT2D eigenvalue weighted by molar-refractivity contribution is 5.93. The third kappa shape index (κ3) is 4.72. The Hall–Kier alpha value is -2.37. The monoisotopic (exact) mass is 279 g/mol. The van der Waals surface area contributed by atoms with E-state index < -0.39 is 11.9 Å². The van der Waals surface area contributed by atoms with E-state index in [1.807, 2.05) is 0 Å². The molecule has 0 saturated heterocycles. The maximum absolute atomic E-state index is 11.8. The van der Waals surface area contributed by atoms with E-state index in [9.17, 15) is 14.4 Å². The van der Waals surface area contributed by atoms with E-state index in [0.29, 0.717) is 11.3 Å². The fourth-order valence-corrected chi connectivity index (χ4v) is 1.76. The summed E-state index contributed by atoms with van der Waals surface area (Å²) in [5.74, 6) is -2.07. The number of hydrogen-bond donors (Lipinski definition) is 2. The van der Waals surface area contributed by atoms with Crippen molar-refractivity contribution in [2.45, 2.75) is 26.2 Å². The molecular weight excluding hydrogens is 262 g/mol. The summed E-state index contributed by atoms with van der Waals surface area (Å²) in [5.41, 5.74) is 1.20. The number of amides is 1. The van der Waals surface area contributed by atoms with Gasteiger partial charge >= 0.3 is 11.9 Å². The molecule has 0 spiro atoms. The lowest BCUT2D eigenvalue weighted by molar-refractivity contribution is -0.137. The molecule has 2 N–H and O–H groups in total. The summed E-state index contributed by atoms with van der Waals surface area (Å²) in [6, 6.07) is 6.52. The Morgan fingerprint density at radius 2 is 1.65 bits per heavy atom. The fraction of sp³-hybridized carbons (Fsp3) is 0.357. The maximum Gasteiger partial charge on any atom is 0.307 e. The SMILES string of the molecule is CCC(=O)N(CCC(=O)O)c1ccc(CC(=O)O)cc1. The van der Waals surface area contributed by atoms with E-state index in [2.05, 4.69) is 0 Å². The third-order valence-corrected chi connectivity index (χ3v) is 2.76. The maximum atomic E-state index is 11.8. The number of benzene rings is 1. The van der Waals surface area contributed by atoms with Crippen molar-refractivity contribution in [3.8, 4) is 0 Å². The van der Waals surface area contributed by atoms with Gasteiger partial charge in [0.05, 0.1) is 12.8 Å². The first-order chi connectivity index (χ1) is 9.43. The molecule has 0 aliphatic carbocycles. The molecule has 6 heteroatoms. The molecule has 0 saturated carbocycles. The van der Waals surface area contributed by atoms with Crippen molar-refractivity contribution in [3.05, 3.63) is 29.8 Å². The highest BCUT2D eigenvalue weighted by Crippen LogP contribution is 2.17. The first kappa shape index (κ1) is 15.7. The second kappa shape index (κ2) is 7.28. The van der Waals surface area contributed by atoms with Gasteiger partial charge in [-0.1, -0.05) is 19.1 Å². The normalized spacial score (nSPS) is 10.1. The second-order valence-electron chi connectivity index (χ2n) is 4.28. The van der Waals surface area contributed by atoms with E-state index >= 15 is 0 Å². The van der Waals surface area contributed by atoms with Crippen LogP contribution in [0.2, 0.25) is 0 Å². The van der Waals surface area contributed by atoms with Crippen LogP contribution < -0.4 is 4.90 Å². The Bertz CT molecular complexity index is 495. The lowest BCUT2D eigenvalue weighted by atomic mass is 10.1. The summed E-state index contributed by atoms with van der Waals surface area (Å²) < 4.78 is 0. The van der Waals surface area contributed by atoms with Gasteiger partial charge in [0, 0.05) is 18.7 Å². The largest absolute Gasteiger partial charge is 0.481 e. The van der Waals surface area contributed by atoms with Crippen LogP contribution in [-0.2, 0) is 20.8 Å². The Labute approximate surface area is 116 Å². The molecule has 0 aliphatic heterocycles. The van der Waals surface area contributed by atoms with E-state index in [0.717, 1.165) is 0 Å². The molecule has 0 atom stereocenters. The van der Waals surface area contributed by atoms with Crippen molar-refractivity contribution in [2.75, 3.05) is 11.4 Å². The van der Waals surface area contributed by atoms with Crippen molar-refractivity contribution in [1.82, 2.24) is 0 Å². The van der Waals surface area contributed by atoms with Gasteiger partial charge in [0.15, 0.2) is 0 Å². The number of rotatable bonds is 7. The molecule has 0 aromatic heterocycles. The number of carboxylic acid groups (broad SMARTS) is 2. The molecule has 1 rings (SSSR count). The van der Waals surface area contributed by atoms with Crippen molar-refractivity contribution in [1.29, 1.82) is 0 Å². The number of nitrogens with zero attached hydrogens (tertiary/aromatic N) is 1. The van der Waals surface area contributed by atoms with Gasteiger partial charge in [0.25, 0.3) is 0 Å². The minimum Gasteiger partial charge on any atom is -0.481 e. The van der Waals surface area contributed by atoms with E-state index in [1.165, 1.54) is 4.90 Å². The van der Waals surface area contributed by atoms with Gasteiger partial charge < -0.3 is 15.1 Å². The highest BCUT2D eigenvalue weighted by Gasteiger charge is 2.15. The van der Waals surface area contributed by atoms with Crippen LogP contribution in [0.4, 0.5) is 5.69 Å². The smallest absolute Gasteiger partial charge is 0.307 e. The zero-order valence-corrected chi connectivity index (χ0v) is 11.2. The van der Waals surface area contributed by atoms with Crippen LogP contribution >= 0.6 is 0 Å². The Morgan fingerprint density at radius 3 is 2.10 bits per heavy atom. The standard InChI is InChI=1S/C14H17NO5/c1-2-12(16)15(8-7-13(17)18)11-5-3-10(4-6-11)9-14(19)20/h3-6H,2,7-9H2,1H3,(H,17,18)(H,19,20). The third-order valence-electron chi connectivity index (χ3n) is 2.76. The van der Waals surface area contributed by atoms with Gasteiger partial charge in [-0.05, 0) is 17.7 Å². The van der Waals surface area contributed by atoms with Gasteiger partial charge in [0.2, 0.25) is 5.91 Å². The van der Waals surface area contributed by atoms with Crippen LogP contribution in [0.3, 0.4) is 0 Å². The van der Waals surface area contributed by atoms with Crippen molar-refractivity contribution < 1.29 is 24.6 Å². The Balaban J connectivity index is 2.87. The Morgan fingerprint density at radius 1 is 1.05 bits per heavy atom. The molecule has 1 amide bonds. The van der Waals surface area contributed by atoms with Gasteiger partial charge in [-0.15, -0.1) is 0 Å². The molecule has 1 aromatic carbocycles. The predicted octanol–water partition coefficient (Wildman–Crippen LogP) is 1.53. The molecule has 6 nitrogen and oxygen atoms in total. The first-order valence-corrected chi connectivity index (χ1v) is 6.27. The van der Waals surface area contributed by atoms with Gasteiger partial charge in [0.1, 0.15) is 0 Å². The number of carbonyl (C=O) groups excluding carboxylic acids is 1. The van der Waals surface area contributed by atoms with E-state index in [4.69, 9.17) is 10.2 Å². The number of hydrogen-bond acceptors (Lipinski definition) is 3. The predicted molar refractivity (Wildman–Crippen MR) is 72.7 cm³/mol. The molecule has 0 bridgehead atoms. The topological polar surface area (TPSA) is 94.9 Å². The van der Waals surface area contributed by atoms with Crippen molar-refractivity contribution in [3.63, 3.8) is 0 Å². The lowest BCUT2D eigenvalue weighted by Gasteiger charge is -2.21. The molecule has 0 unspecified atom stereocenters.